The Morgan fingerprint density at radius 2 is 1.80 bits per heavy atom. The van der Waals surface area contributed by atoms with Gasteiger partial charge in [0.2, 0.25) is 0 Å². The average Bonchev–Trinajstić information content (AvgIpc) is 2.24. The predicted molar refractivity (Wildman–Crippen MR) is 56.9 cm³/mol. The van der Waals surface area contributed by atoms with Crippen LogP contribution < -0.4 is 28.3 Å². The summed E-state index contributed by atoms with van der Waals surface area (Å²) in [6, 6.07) is 8.62. The first-order valence-corrected chi connectivity index (χ1v) is 5.14. The molecule has 0 fully saturated rings. The predicted octanol–water partition coefficient (Wildman–Crippen LogP) is 0.0684. The van der Waals surface area contributed by atoms with Crippen LogP contribution in [0.3, 0.4) is 0 Å². The first-order chi connectivity index (χ1) is 6.86. The summed E-state index contributed by atoms with van der Waals surface area (Å²) in [6.07, 6.45) is 2.03. The zero-order valence-corrected chi connectivity index (χ0v) is 9.88. The molecule has 0 N–H and O–H groups in total. The largest absolute Gasteiger partial charge is 1.00 e. The van der Waals surface area contributed by atoms with Crippen LogP contribution in [-0.4, -0.2) is 13.2 Å². The van der Waals surface area contributed by atoms with E-state index in [1.54, 1.807) is 0 Å². The zero-order valence-electron chi connectivity index (χ0n) is 9.88. The fourth-order valence-corrected chi connectivity index (χ4v) is 1.03. The van der Waals surface area contributed by atoms with Crippen molar-refractivity contribution in [2.45, 2.75) is 26.7 Å². The van der Waals surface area contributed by atoms with Gasteiger partial charge in [-0.3, -0.25) is 0 Å². The molecule has 2 nitrogen and oxygen atoms in total. The van der Waals surface area contributed by atoms with E-state index in [1.165, 1.54) is 0 Å². The molecule has 0 amide bonds. The van der Waals surface area contributed by atoms with Crippen molar-refractivity contribution >= 4 is 0 Å². The summed E-state index contributed by atoms with van der Waals surface area (Å²) in [5, 5.41) is 0. The van der Waals surface area contributed by atoms with Crippen LogP contribution in [0.4, 0.5) is 0 Å². The topological polar surface area (TPSA) is 18.5 Å². The molecule has 0 spiro atoms. The summed E-state index contributed by atoms with van der Waals surface area (Å²) < 4.78 is 10.9. The fraction of sp³-hybridized carbons (Fsp3) is 0.500. The molecule has 0 aliphatic carbocycles. The number of ether oxygens (including phenoxy) is 2. The Kier molecular flexibility index (Phi) is 8.37. The molecule has 1 aromatic carbocycles. The van der Waals surface area contributed by atoms with Gasteiger partial charge >= 0.3 is 18.9 Å². The molecule has 0 heterocycles. The molecule has 78 valence electrons. The SMILES string of the molecule is CCCOc1[c-]ccc(OCCC)c1.[Li+]. The maximum Gasteiger partial charge on any atom is 1.00 e. The van der Waals surface area contributed by atoms with E-state index >= 15 is 0 Å². The third kappa shape index (κ3) is 5.77. The van der Waals surface area contributed by atoms with Crippen LogP contribution in [-0.2, 0) is 0 Å². The van der Waals surface area contributed by atoms with Gasteiger partial charge in [-0.2, -0.15) is 6.07 Å². The van der Waals surface area contributed by atoms with E-state index in [-0.39, 0.29) is 18.9 Å². The van der Waals surface area contributed by atoms with Crippen LogP contribution in [0.15, 0.2) is 18.2 Å². The van der Waals surface area contributed by atoms with Gasteiger partial charge in [-0.1, -0.05) is 19.9 Å². The number of benzene rings is 1. The van der Waals surface area contributed by atoms with E-state index in [1.807, 2.05) is 18.2 Å². The summed E-state index contributed by atoms with van der Waals surface area (Å²) in [7, 11) is 0. The van der Waals surface area contributed by atoms with Crippen LogP contribution in [0.2, 0.25) is 0 Å². The van der Waals surface area contributed by atoms with Crippen molar-refractivity contribution in [1.82, 2.24) is 0 Å². The van der Waals surface area contributed by atoms with Crippen molar-refractivity contribution in [2.24, 2.45) is 0 Å². The number of hydrogen-bond donors (Lipinski definition) is 0. The second-order valence-corrected chi connectivity index (χ2v) is 3.09. The summed E-state index contributed by atoms with van der Waals surface area (Å²) in [5.74, 6) is 1.62. The Hall–Kier alpha value is -0.583. The molecule has 0 aliphatic heterocycles. The van der Waals surface area contributed by atoms with Gasteiger partial charge in [0, 0.05) is 11.5 Å². The number of rotatable bonds is 6. The van der Waals surface area contributed by atoms with Gasteiger partial charge in [0.25, 0.3) is 0 Å². The molecule has 0 aliphatic rings. The first kappa shape index (κ1) is 14.4. The van der Waals surface area contributed by atoms with Gasteiger partial charge in [-0.25, -0.2) is 0 Å². The molecule has 0 saturated heterocycles. The summed E-state index contributed by atoms with van der Waals surface area (Å²) in [6.45, 7) is 5.64. The van der Waals surface area contributed by atoms with E-state index in [9.17, 15) is 0 Å². The molecule has 0 atom stereocenters. The monoisotopic (exact) mass is 200 g/mol. The van der Waals surface area contributed by atoms with Crippen molar-refractivity contribution in [3.8, 4) is 11.5 Å². The number of hydrogen-bond acceptors (Lipinski definition) is 2. The minimum absolute atomic E-state index is 0. The quantitative estimate of drug-likeness (QED) is 0.478. The van der Waals surface area contributed by atoms with Crippen LogP contribution >= 0.6 is 0 Å². The first-order valence-electron chi connectivity index (χ1n) is 5.14. The van der Waals surface area contributed by atoms with Crippen molar-refractivity contribution in [3.63, 3.8) is 0 Å². The van der Waals surface area contributed by atoms with Crippen LogP contribution in [0, 0.1) is 6.07 Å². The summed E-state index contributed by atoms with van der Waals surface area (Å²) in [4.78, 5) is 0. The van der Waals surface area contributed by atoms with Gasteiger partial charge in [0.1, 0.15) is 0 Å². The summed E-state index contributed by atoms with van der Waals surface area (Å²) >= 11 is 0. The van der Waals surface area contributed by atoms with E-state index in [2.05, 4.69) is 19.9 Å². The Bertz CT molecular complexity index is 240. The van der Waals surface area contributed by atoms with Gasteiger partial charge in [-0.05, 0) is 12.8 Å². The third-order valence-electron chi connectivity index (χ3n) is 1.68. The molecule has 1 rings (SSSR count). The van der Waals surface area contributed by atoms with E-state index in [0.29, 0.717) is 0 Å². The van der Waals surface area contributed by atoms with Crippen molar-refractivity contribution in [3.05, 3.63) is 24.3 Å². The van der Waals surface area contributed by atoms with Gasteiger partial charge < -0.3 is 9.47 Å². The second-order valence-electron chi connectivity index (χ2n) is 3.09. The Morgan fingerprint density at radius 3 is 2.47 bits per heavy atom. The second kappa shape index (κ2) is 8.70. The van der Waals surface area contributed by atoms with E-state index < -0.39 is 0 Å². The normalized spacial score (nSPS) is 9.20. The molecule has 0 unspecified atom stereocenters. The maximum atomic E-state index is 5.48. The molecule has 0 saturated carbocycles. The van der Waals surface area contributed by atoms with Crippen LogP contribution in [0.1, 0.15) is 26.7 Å². The third-order valence-corrected chi connectivity index (χ3v) is 1.68. The molecular weight excluding hydrogens is 183 g/mol. The smallest absolute Gasteiger partial charge is 0.519 e. The van der Waals surface area contributed by atoms with Crippen LogP contribution in [0.5, 0.6) is 11.5 Å². The molecule has 3 heteroatoms. The van der Waals surface area contributed by atoms with Gasteiger partial charge in [0.05, 0.1) is 13.2 Å². The van der Waals surface area contributed by atoms with E-state index in [0.717, 1.165) is 37.6 Å². The average molecular weight is 200 g/mol. The summed E-state index contributed by atoms with van der Waals surface area (Å²) in [5.41, 5.74) is 0. The minimum Gasteiger partial charge on any atom is -0.519 e. The van der Waals surface area contributed by atoms with Crippen molar-refractivity contribution in [1.29, 1.82) is 0 Å². The Morgan fingerprint density at radius 1 is 1.13 bits per heavy atom. The van der Waals surface area contributed by atoms with E-state index in [4.69, 9.17) is 9.47 Å². The fourth-order valence-electron chi connectivity index (χ4n) is 1.03. The maximum absolute atomic E-state index is 5.48. The molecular formula is C12H17LiO2. The Balaban J connectivity index is 0.00000196. The molecule has 0 aromatic heterocycles. The minimum atomic E-state index is 0. The van der Waals surface area contributed by atoms with Crippen molar-refractivity contribution < 1.29 is 28.3 Å². The zero-order chi connectivity index (χ0) is 10.2. The molecule has 0 radical (unpaired) electrons. The van der Waals surface area contributed by atoms with Crippen LogP contribution in [0.25, 0.3) is 0 Å². The molecule has 1 aromatic rings. The molecule has 15 heavy (non-hydrogen) atoms. The Labute approximate surface area is 104 Å². The van der Waals surface area contributed by atoms with Gasteiger partial charge in [-0.15, -0.1) is 12.1 Å². The van der Waals surface area contributed by atoms with Gasteiger partial charge in [0.15, 0.2) is 0 Å². The molecule has 0 bridgehead atoms. The standard InChI is InChI=1S/C12H17O2.Li/c1-3-8-13-11-6-5-7-12(10-11)14-9-4-2;/h5-6,10H,3-4,8-9H2,1-2H3;/q-1;+1. The van der Waals surface area contributed by atoms with Crippen molar-refractivity contribution in [2.75, 3.05) is 13.2 Å².